The van der Waals surface area contributed by atoms with Crippen LogP contribution in [0.1, 0.15) is 30.0 Å². The van der Waals surface area contributed by atoms with Crippen molar-refractivity contribution in [2.24, 2.45) is 5.73 Å². The molecule has 1 aromatic carbocycles. The normalized spacial score (nSPS) is 13.4. The van der Waals surface area contributed by atoms with E-state index in [4.69, 9.17) is 10.8 Å². The molecule has 100 valence electrons. The second-order valence-corrected chi connectivity index (χ2v) is 3.77. The van der Waals surface area contributed by atoms with Gasteiger partial charge < -0.3 is 10.8 Å². The zero-order valence-electron chi connectivity index (χ0n) is 9.17. The number of aliphatic carboxylic acids is 1. The summed E-state index contributed by atoms with van der Waals surface area (Å²) in [4.78, 5) is 10.3. The molecule has 1 aromatic rings. The highest BCUT2D eigenvalue weighted by Crippen LogP contribution is 2.35. The van der Waals surface area contributed by atoms with E-state index in [1.807, 2.05) is 0 Å². The molecule has 3 N–H and O–H groups in total. The highest BCUT2D eigenvalue weighted by atomic mass is 19.4. The fourth-order valence-corrected chi connectivity index (χ4v) is 1.53. The van der Waals surface area contributed by atoms with E-state index in [-0.39, 0.29) is 18.4 Å². The van der Waals surface area contributed by atoms with E-state index < -0.39 is 29.6 Å². The van der Waals surface area contributed by atoms with Crippen molar-refractivity contribution in [2.75, 3.05) is 0 Å². The minimum Gasteiger partial charge on any atom is -0.481 e. The largest absolute Gasteiger partial charge is 0.481 e. The number of alkyl halides is 3. The fourth-order valence-electron chi connectivity index (χ4n) is 1.53. The Hall–Kier alpha value is -1.63. The second-order valence-electron chi connectivity index (χ2n) is 3.77. The lowest BCUT2D eigenvalue weighted by atomic mass is 9.97. The molecule has 0 saturated carbocycles. The maximum absolute atomic E-state index is 12.8. The van der Waals surface area contributed by atoms with Crippen LogP contribution in [0.3, 0.4) is 0 Å². The van der Waals surface area contributed by atoms with Gasteiger partial charge in [-0.05, 0) is 24.1 Å². The summed E-state index contributed by atoms with van der Waals surface area (Å²) in [5.74, 6) is -2.17. The van der Waals surface area contributed by atoms with Gasteiger partial charge in [0.1, 0.15) is 5.82 Å². The lowest BCUT2D eigenvalue weighted by Gasteiger charge is -2.17. The van der Waals surface area contributed by atoms with Crippen molar-refractivity contribution in [2.45, 2.75) is 25.1 Å². The molecule has 1 rings (SSSR count). The molecule has 0 saturated heterocycles. The Bertz CT molecular complexity index is 445. The summed E-state index contributed by atoms with van der Waals surface area (Å²) >= 11 is 0. The van der Waals surface area contributed by atoms with Crippen molar-refractivity contribution >= 4 is 5.97 Å². The first-order valence-corrected chi connectivity index (χ1v) is 5.06. The fraction of sp³-hybridized carbons (Fsp3) is 0.364. The molecule has 0 spiro atoms. The molecule has 0 aliphatic heterocycles. The van der Waals surface area contributed by atoms with Crippen LogP contribution in [0.5, 0.6) is 0 Å². The van der Waals surface area contributed by atoms with Gasteiger partial charge in [0.15, 0.2) is 0 Å². The van der Waals surface area contributed by atoms with Crippen molar-refractivity contribution in [1.82, 2.24) is 0 Å². The minimum atomic E-state index is -4.72. The summed E-state index contributed by atoms with van der Waals surface area (Å²) in [7, 11) is 0. The van der Waals surface area contributed by atoms with E-state index in [1.54, 1.807) is 0 Å². The number of hydrogen-bond donors (Lipinski definition) is 2. The first-order chi connectivity index (χ1) is 8.21. The Kier molecular flexibility index (Phi) is 4.28. The van der Waals surface area contributed by atoms with Crippen LogP contribution in [0.15, 0.2) is 18.2 Å². The molecule has 0 radical (unpaired) electrons. The Morgan fingerprint density at radius 2 is 2.00 bits per heavy atom. The Morgan fingerprint density at radius 1 is 1.39 bits per heavy atom. The summed E-state index contributed by atoms with van der Waals surface area (Å²) in [6.07, 6.45) is -5.22. The Labute approximate surface area is 100 Å². The SMILES string of the molecule is NC(CCC(=O)O)c1ccc(F)cc1C(F)(F)F. The van der Waals surface area contributed by atoms with Crippen molar-refractivity contribution < 1.29 is 27.5 Å². The molecule has 1 atom stereocenters. The van der Waals surface area contributed by atoms with Crippen LogP contribution in [-0.4, -0.2) is 11.1 Å². The molecule has 0 amide bonds. The summed E-state index contributed by atoms with van der Waals surface area (Å²) in [5.41, 5.74) is 4.04. The summed E-state index contributed by atoms with van der Waals surface area (Å²) in [6, 6.07) is 1.06. The summed E-state index contributed by atoms with van der Waals surface area (Å²) in [6.45, 7) is 0. The summed E-state index contributed by atoms with van der Waals surface area (Å²) < 4.78 is 50.8. The second kappa shape index (κ2) is 5.34. The van der Waals surface area contributed by atoms with Crippen LogP contribution in [-0.2, 0) is 11.0 Å². The van der Waals surface area contributed by atoms with Crippen molar-refractivity contribution in [3.8, 4) is 0 Å². The van der Waals surface area contributed by atoms with Crippen molar-refractivity contribution in [3.63, 3.8) is 0 Å². The van der Waals surface area contributed by atoms with Gasteiger partial charge >= 0.3 is 12.1 Å². The number of hydrogen-bond acceptors (Lipinski definition) is 2. The number of benzene rings is 1. The van der Waals surface area contributed by atoms with E-state index in [1.165, 1.54) is 0 Å². The topological polar surface area (TPSA) is 63.3 Å². The first-order valence-electron chi connectivity index (χ1n) is 5.06. The number of rotatable bonds is 4. The lowest BCUT2D eigenvalue weighted by Crippen LogP contribution is -2.18. The molecule has 3 nitrogen and oxygen atoms in total. The van der Waals surface area contributed by atoms with Gasteiger partial charge in [-0.15, -0.1) is 0 Å². The van der Waals surface area contributed by atoms with Gasteiger partial charge in [-0.2, -0.15) is 13.2 Å². The number of carbonyl (C=O) groups is 1. The van der Waals surface area contributed by atoms with Gasteiger partial charge in [-0.3, -0.25) is 4.79 Å². The molecule has 18 heavy (non-hydrogen) atoms. The van der Waals surface area contributed by atoms with Gasteiger partial charge in [-0.1, -0.05) is 6.07 Å². The number of nitrogens with two attached hydrogens (primary N) is 1. The van der Waals surface area contributed by atoms with E-state index >= 15 is 0 Å². The van der Waals surface area contributed by atoms with Gasteiger partial charge in [0, 0.05) is 12.5 Å². The smallest absolute Gasteiger partial charge is 0.416 e. The van der Waals surface area contributed by atoms with Crippen molar-refractivity contribution in [1.29, 1.82) is 0 Å². The molecule has 0 aliphatic carbocycles. The van der Waals surface area contributed by atoms with Crippen molar-refractivity contribution in [3.05, 3.63) is 35.1 Å². The van der Waals surface area contributed by atoms with Crippen LogP contribution in [0.4, 0.5) is 17.6 Å². The Morgan fingerprint density at radius 3 is 2.50 bits per heavy atom. The molecular weight excluding hydrogens is 254 g/mol. The molecule has 7 heteroatoms. The molecule has 0 aromatic heterocycles. The molecule has 0 fully saturated rings. The van der Waals surface area contributed by atoms with Crippen LogP contribution in [0, 0.1) is 5.82 Å². The number of carboxylic acids is 1. The molecule has 0 heterocycles. The maximum atomic E-state index is 12.8. The maximum Gasteiger partial charge on any atom is 0.416 e. The Balaban J connectivity index is 3.04. The van der Waals surface area contributed by atoms with Crippen LogP contribution < -0.4 is 5.73 Å². The average molecular weight is 265 g/mol. The third-order valence-corrected chi connectivity index (χ3v) is 2.39. The van der Waals surface area contributed by atoms with E-state index in [9.17, 15) is 22.4 Å². The zero-order chi connectivity index (χ0) is 13.9. The van der Waals surface area contributed by atoms with E-state index in [0.29, 0.717) is 6.07 Å². The van der Waals surface area contributed by atoms with Crippen LogP contribution in [0.25, 0.3) is 0 Å². The van der Waals surface area contributed by atoms with Gasteiger partial charge in [-0.25, -0.2) is 4.39 Å². The van der Waals surface area contributed by atoms with Gasteiger partial charge in [0.25, 0.3) is 0 Å². The van der Waals surface area contributed by atoms with E-state index in [0.717, 1.165) is 12.1 Å². The molecular formula is C11H11F4NO2. The number of halogens is 4. The lowest BCUT2D eigenvalue weighted by molar-refractivity contribution is -0.138. The van der Waals surface area contributed by atoms with Gasteiger partial charge in [0.2, 0.25) is 0 Å². The quantitative estimate of drug-likeness (QED) is 0.823. The van der Waals surface area contributed by atoms with Crippen LogP contribution >= 0.6 is 0 Å². The third kappa shape index (κ3) is 3.69. The van der Waals surface area contributed by atoms with Gasteiger partial charge in [0.05, 0.1) is 5.56 Å². The highest BCUT2D eigenvalue weighted by Gasteiger charge is 2.35. The van der Waals surface area contributed by atoms with Crippen LogP contribution in [0.2, 0.25) is 0 Å². The number of carboxylic acid groups (broad SMARTS) is 1. The molecule has 0 bridgehead atoms. The monoisotopic (exact) mass is 265 g/mol. The zero-order valence-corrected chi connectivity index (χ0v) is 9.17. The highest BCUT2D eigenvalue weighted by molar-refractivity contribution is 5.66. The standard InChI is InChI=1S/C11H11F4NO2/c12-6-1-2-7(8(5-6)11(13,14)15)9(16)3-4-10(17)18/h1-2,5,9H,3-4,16H2,(H,17,18). The molecule has 1 unspecified atom stereocenters. The predicted molar refractivity (Wildman–Crippen MR) is 55.2 cm³/mol. The predicted octanol–water partition coefficient (Wildman–Crippen LogP) is 2.71. The third-order valence-electron chi connectivity index (χ3n) is 2.39. The average Bonchev–Trinajstić information content (AvgIpc) is 2.24. The summed E-state index contributed by atoms with van der Waals surface area (Å²) in [5, 5.41) is 8.44. The van der Waals surface area contributed by atoms with E-state index in [2.05, 4.69) is 0 Å². The molecule has 0 aliphatic rings. The minimum absolute atomic E-state index is 0.149. The first kappa shape index (κ1) is 14.4.